The Hall–Kier alpha value is -3.69. The lowest BCUT2D eigenvalue weighted by Gasteiger charge is -2.37. The molecule has 0 bridgehead atoms. The van der Waals surface area contributed by atoms with Gasteiger partial charge >= 0.3 is 6.09 Å². The summed E-state index contributed by atoms with van der Waals surface area (Å²) in [5.41, 5.74) is 1.02. The molecule has 0 spiro atoms. The van der Waals surface area contributed by atoms with Crippen molar-refractivity contribution in [3.8, 4) is 0 Å². The maximum atomic E-state index is 14.3. The van der Waals surface area contributed by atoms with Crippen LogP contribution in [0.4, 0.5) is 4.79 Å². The number of hydrogen-bond donors (Lipinski definition) is 3. The highest BCUT2D eigenvalue weighted by molar-refractivity contribution is 6.38. The van der Waals surface area contributed by atoms with Crippen LogP contribution in [0.25, 0.3) is 0 Å². The van der Waals surface area contributed by atoms with Crippen LogP contribution in [0.1, 0.15) is 77.7 Å². The molecule has 2 saturated carbocycles. The number of ketones is 1. The molecule has 2 aliphatic carbocycles. The lowest BCUT2D eigenvalue weighted by atomic mass is 9.83. The van der Waals surface area contributed by atoms with Crippen molar-refractivity contribution in [2.24, 2.45) is 23.2 Å². The average molecular weight is 623 g/mol. The minimum atomic E-state index is -0.997. The lowest BCUT2D eigenvalue weighted by molar-refractivity contribution is -0.145. The second kappa shape index (κ2) is 15.5. The van der Waals surface area contributed by atoms with E-state index in [1.165, 1.54) is 6.08 Å². The molecule has 1 saturated heterocycles. The third-order valence-corrected chi connectivity index (χ3v) is 9.95. The molecule has 1 aromatic rings. The second-order valence-corrected chi connectivity index (χ2v) is 13.3. The van der Waals surface area contributed by atoms with Gasteiger partial charge in [-0.15, -0.1) is 6.58 Å². The molecule has 246 valence electrons. The van der Waals surface area contributed by atoms with Gasteiger partial charge in [-0.05, 0) is 60.8 Å². The van der Waals surface area contributed by atoms with Gasteiger partial charge in [0, 0.05) is 13.1 Å². The van der Waals surface area contributed by atoms with Gasteiger partial charge in [0.1, 0.15) is 12.1 Å². The largest absolute Gasteiger partial charge is 0.450 e. The van der Waals surface area contributed by atoms with Crippen LogP contribution < -0.4 is 16.0 Å². The van der Waals surface area contributed by atoms with Gasteiger partial charge in [0.05, 0.1) is 12.6 Å². The lowest BCUT2D eigenvalue weighted by Crippen LogP contribution is -2.59. The fraction of sp³-hybridized carbons (Fsp3) is 0.629. The summed E-state index contributed by atoms with van der Waals surface area (Å²) in [5, 5.41) is 8.20. The van der Waals surface area contributed by atoms with Crippen LogP contribution in [0.15, 0.2) is 43.0 Å². The second-order valence-electron chi connectivity index (χ2n) is 13.3. The Labute approximate surface area is 267 Å². The predicted octanol–water partition coefficient (Wildman–Crippen LogP) is 3.93. The first-order chi connectivity index (χ1) is 21.6. The summed E-state index contributed by atoms with van der Waals surface area (Å²) in [5.74, 6) is -2.22. The van der Waals surface area contributed by atoms with Gasteiger partial charge in [0.25, 0.3) is 5.91 Å². The maximum Gasteiger partial charge on any atom is 0.407 e. The Balaban J connectivity index is 1.46. The number of rotatable bonds is 15. The van der Waals surface area contributed by atoms with Crippen molar-refractivity contribution in [2.45, 2.75) is 96.7 Å². The van der Waals surface area contributed by atoms with Crippen LogP contribution in [-0.4, -0.2) is 72.3 Å². The Morgan fingerprint density at radius 2 is 1.78 bits per heavy atom. The zero-order chi connectivity index (χ0) is 32.6. The van der Waals surface area contributed by atoms with Crippen LogP contribution in [-0.2, 0) is 30.3 Å². The standard InChI is InChI=1S/C35H50N4O6/c1-5-14-26(30(40)32(42)36-20-6-2)37-31(41)29-27-25(35(27,3)4)22-39(29)33(43)28(24-18-11-8-12-19-24)38-34(44)45-21-13-17-23-15-9-7-10-16-23/h6-7,9-10,15-16,24-29H,2,5,8,11-14,17-22H2,1,3-4H3,(H,36,42)(H,37,41)(H,38,44). The van der Waals surface area contributed by atoms with Crippen molar-refractivity contribution in [2.75, 3.05) is 19.7 Å². The molecule has 3 N–H and O–H groups in total. The smallest absolute Gasteiger partial charge is 0.407 e. The third-order valence-electron chi connectivity index (χ3n) is 9.95. The fourth-order valence-corrected chi connectivity index (χ4v) is 7.32. The van der Waals surface area contributed by atoms with E-state index in [9.17, 15) is 24.0 Å². The van der Waals surface area contributed by atoms with E-state index in [2.05, 4.69) is 36.4 Å². The van der Waals surface area contributed by atoms with Crippen molar-refractivity contribution in [3.05, 3.63) is 48.6 Å². The number of ether oxygens (including phenoxy) is 1. The number of alkyl carbamates (subject to hydrolysis) is 1. The van der Waals surface area contributed by atoms with Gasteiger partial charge in [-0.3, -0.25) is 19.2 Å². The van der Waals surface area contributed by atoms with E-state index in [4.69, 9.17) is 4.74 Å². The third kappa shape index (κ3) is 8.32. The number of aryl methyl sites for hydroxylation is 1. The summed E-state index contributed by atoms with van der Waals surface area (Å²) in [7, 11) is 0. The SMILES string of the molecule is C=CCNC(=O)C(=O)C(CCC)NC(=O)C1C2C(CN1C(=O)C(NC(=O)OCCCc1ccccc1)C1CCCCC1)C2(C)C. The van der Waals surface area contributed by atoms with Gasteiger partial charge in [-0.2, -0.15) is 0 Å². The number of carbonyl (C=O) groups excluding carboxylic acids is 5. The predicted molar refractivity (Wildman–Crippen MR) is 171 cm³/mol. The van der Waals surface area contributed by atoms with Gasteiger partial charge in [0.15, 0.2) is 0 Å². The van der Waals surface area contributed by atoms with Crippen LogP contribution in [0.5, 0.6) is 0 Å². The number of hydrogen-bond acceptors (Lipinski definition) is 6. The number of nitrogens with zero attached hydrogens (tertiary/aromatic N) is 1. The number of carbonyl (C=O) groups is 5. The van der Waals surface area contributed by atoms with Crippen molar-refractivity contribution in [1.29, 1.82) is 0 Å². The van der Waals surface area contributed by atoms with E-state index in [0.717, 1.165) is 44.1 Å². The molecule has 10 nitrogen and oxygen atoms in total. The number of likely N-dealkylation sites (tertiary alicyclic amines) is 1. The molecular formula is C35H50N4O6. The van der Waals surface area contributed by atoms with Crippen molar-refractivity contribution in [3.63, 3.8) is 0 Å². The van der Waals surface area contributed by atoms with Crippen LogP contribution in [0.3, 0.4) is 0 Å². The molecule has 4 rings (SSSR count). The quantitative estimate of drug-likeness (QED) is 0.154. The number of Topliss-reactive ketones (excluding diaryl/α,β-unsaturated/α-hetero) is 1. The summed E-state index contributed by atoms with van der Waals surface area (Å²) in [6, 6.07) is 7.38. The number of nitrogens with one attached hydrogen (secondary N) is 3. The maximum absolute atomic E-state index is 14.3. The normalized spacial score (nSPS) is 23.2. The molecule has 1 heterocycles. The minimum absolute atomic E-state index is 0.0558. The molecule has 0 aromatic heterocycles. The van der Waals surface area contributed by atoms with E-state index in [1.54, 1.807) is 4.90 Å². The molecule has 10 heteroatoms. The molecule has 3 fully saturated rings. The van der Waals surface area contributed by atoms with Crippen molar-refractivity contribution < 1.29 is 28.7 Å². The van der Waals surface area contributed by atoms with Gasteiger partial charge in [-0.1, -0.05) is 82.9 Å². The summed E-state index contributed by atoms with van der Waals surface area (Å²) in [6.45, 7) is 10.4. The number of benzene rings is 1. The molecule has 45 heavy (non-hydrogen) atoms. The molecule has 0 radical (unpaired) electrons. The summed E-state index contributed by atoms with van der Waals surface area (Å²) >= 11 is 0. The Morgan fingerprint density at radius 1 is 1.07 bits per heavy atom. The molecule has 4 amide bonds. The van der Waals surface area contributed by atoms with Gasteiger partial charge in [0.2, 0.25) is 17.6 Å². The number of piperidine rings is 1. The summed E-state index contributed by atoms with van der Waals surface area (Å²) in [6.07, 6.45) is 7.81. The first kappa shape index (κ1) is 34.2. The van der Waals surface area contributed by atoms with E-state index >= 15 is 0 Å². The van der Waals surface area contributed by atoms with E-state index in [0.29, 0.717) is 25.8 Å². The minimum Gasteiger partial charge on any atom is -0.450 e. The highest BCUT2D eigenvalue weighted by atomic mass is 16.5. The van der Waals surface area contributed by atoms with Crippen molar-refractivity contribution in [1.82, 2.24) is 20.9 Å². The fourth-order valence-electron chi connectivity index (χ4n) is 7.32. The number of amides is 4. The molecular weight excluding hydrogens is 572 g/mol. The van der Waals surface area contributed by atoms with Crippen LogP contribution in [0.2, 0.25) is 0 Å². The molecule has 1 aliphatic heterocycles. The Bertz CT molecular complexity index is 1230. The molecule has 5 unspecified atom stereocenters. The zero-order valence-electron chi connectivity index (χ0n) is 27.0. The monoisotopic (exact) mass is 622 g/mol. The van der Waals surface area contributed by atoms with E-state index in [-0.39, 0.29) is 42.2 Å². The summed E-state index contributed by atoms with van der Waals surface area (Å²) < 4.78 is 5.51. The van der Waals surface area contributed by atoms with E-state index < -0.39 is 41.8 Å². The first-order valence-corrected chi connectivity index (χ1v) is 16.6. The highest BCUT2D eigenvalue weighted by Gasteiger charge is 2.69. The highest BCUT2D eigenvalue weighted by Crippen LogP contribution is 2.65. The van der Waals surface area contributed by atoms with Gasteiger partial charge in [-0.25, -0.2) is 4.79 Å². The molecule has 3 aliphatic rings. The first-order valence-electron chi connectivity index (χ1n) is 16.6. The van der Waals surface area contributed by atoms with Crippen molar-refractivity contribution >= 4 is 29.6 Å². The Morgan fingerprint density at radius 3 is 2.44 bits per heavy atom. The Kier molecular flexibility index (Phi) is 11.8. The topological polar surface area (TPSA) is 134 Å². The molecule has 1 aromatic carbocycles. The zero-order valence-corrected chi connectivity index (χ0v) is 27.0. The van der Waals surface area contributed by atoms with Crippen LogP contribution in [0, 0.1) is 23.2 Å². The molecule has 5 atom stereocenters. The number of fused-ring (bicyclic) bond motifs is 1. The van der Waals surface area contributed by atoms with Crippen LogP contribution >= 0.6 is 0 Å². The average Bonchev–Trinajstić information content (AvgIpc) is 3.35. The summed E-state index contributed by atoms with van der Waals surface area (Å²) in [4.78, 5) is 68.2. The van der Waals surface area contributed by atoms with Gasteiger partial charge < -0.3 is 25.6 Å². The van der Waals surface area contributed by atoms with E-state index in [1.807, 2.05) is 37.3 Å².